The third-order valence-corrected chi connectivity index (χ3v) is 4.06. The Balaban J connectivity index is 1.59. The lowest BCUT2D eigenvalue weighted by Crippen LogP contribution is -1.93. The SMILES string of the molecule is Cc1ccc(-c2cc(C(=O)N=Nc3c(O)[nH]c4ccccc34)[nH]n2)cc1. The molecule has 4 rings (SSSR count). The van der Waals surface area contributed by atoms with E-state index in [2.05, 4.69) is 25.4 Å². The summed E-state index contributed by atoms with van der Waals surface area (Å²) in [5, 5.41) is 25.1. The van der Waals surface area contributed by atoms with Crippen molar-refractivity contribution in [2.45, 2.75) is 6.92 Å². The van der Waals surface area contributed by atoms with Gasteiger partial charge in [-0.15, -0.1) is 10.2 Å². The number of aromatic hydroxyl groups is 1. The number of benzene rings is 2. The Hall–Kier alpha value is -3.74. The van der Waals surface area contributed by atoms with E-state index in [0.717, 1.165) is 16.6 Å². The molecular weight excluding hydrogens is 330 g/mol. The molecule has 0 unspecified atom stereocenters. The van der Waals surface area contributed by atoms with Gasteiger partial charge in [0.05, 0.1) is 11.2 Å². The van der Waals surface area contributed by atoms with E-state index in [1.54, 1.807) is 18.2 Å². The highest BCUT2D eigenvalue weighted by molar-refractivity contribution is 5.96. The van der Waals surface area contributed by atoms with E-state index in [-0.39, 0.29) is 17.3 Å². The van der Waals surface area contributed by atoms with Gasteiger partial charge in [0.1, 0.15) is 5.69 Å². The molecule has 0 atom stereocenters. The zero-order chi connectivity index (χ0) is 18.1. The molecule has 7 nitrogen and oxygen atoms in total. The van der Waals surface area contributed by atoms with Crippen LogP contribution in [0.25, 0.3) is 22.2 Å². The number of fused-ring (bicyclic) bond motifs is 1. The molecule has 2 aromatic carbocycles. The first-order valence-electron chi connectivity index (χ1n) is 8.00. The van der Waals surface area contributed by atoms with Gasteiger partial charge in [-0.25, -0.2) is 0 Å². The molecule has 26 heavy (non-hydrogen) atoms. The predicted octanol–water partition coefficient (Wildman–Crippen LogP) is 4.50. The Morgan fingerprint density at radius 3 is 2.69 bits per heavy atom. The number of nitrogens with one attached hydrogen (secondary N) is 2. The number of hydrogen-bond donors (Lipinski definition) is 3. The predicted molar refractivity (Wildman–Crippen MR) is 97.6 cm³/mol. The van der Waals surface area contributed by atoms with Crippen molar-refractivity contribution >= 4 is 22.5 Å². The number of nitrogens with zero attached hydrogens (tertiary/aromatic N) is 3. The van der Waals surface area contributed by atoms with Crippen molar-refractivity contribution in [3.8, 4) is 17.1 Å². The molecule has 0 aliphatic rings. The summed E-state index contributed by atoms with van der Waals surface area (Å²) < 4.78 is 0. The largest absolute Gasteiger partial charge is 0.493 e. The second-order valence-corrected chi connectivity index (χ2v) is 5.91. The number of hydrogen-bond acceptors (Lipinski definition) is 4. The molecule has 0 spiro atoms. The normalized spacial score (nSPS) is 11.4. The molecule has 0 bridgehead atoms. The fourth-order valence-corrected chi connectivity index (χ4v) is 2.67. The zero-order valence-electron chi connectivity index (χ0n) is 13.9. The summed E-state index contributed by atoms with van der Waals surface area (Å²) in [6.07, 6.45) is 0. The molecule has 7 heteroatoms. The average Bonchev–Trinajstić information content (AvgIpc) is 3.25. The van der Waals surface area contributed by atoms with E-state index in [0.29, 0.717) is 11.1 Å². The van der Waals surface area contributed by atoms with E-state index in [4.69, 9.17) is 0 Å². The Bertz CT molecular complexity index is 1120. The van der Waals surface area contributed by atoms with E-state index in [1.807, 2.05) is 43.3 Å². The Kier molecular flexibility index (Phi) is 3.81. The van der Waals surface area contributed by atoms with Crippen LogP contribution >= 0.6 is 0 Å². The van der Waals surface area contributed by atoms with E-state index >= 15 is 0 Å². The number of azo groups is 1. The lowest BCUT2D eigenvalue weighted by molar-refractivity contribution is 0.0990. The van der Waals surface area contributed by atoms with Crippen LogP contribution in [0.5, 0.6) is 5.88 Å². The fourth-order valence-electron chi connectivity index (χ4n) is 2.67. The summed E-state index contributed by atoms with van der Waals surface area (Å²) in [5.41, 5.74) is 3.87. The second-order valence-electron chi connectivity index (χ2n) is 5.91. The fraction of sp³-hybridized carbons (Fsp3) is 0.0526. The topological polar surface area (TPSA) is 106 Å². The second kappa shape index (κ2) is 6.29. The summed E-state index contributed by atoms with van der Waals surface area (Å²) >= 11 is 0. The minimum Gasteiger partial charge on any atom is -0.493 e. The minimum atomic E-state index is -0.569. The Morgan fingerprint density at radius 1 is 1.12 bits per heavy atom. The van der Waals surface area contributed by atoms with Crippen molar-refractivity contribution in [2.24, 2.45) is 10.2 Å². The van der Waals surface area contributed by atoms with Crippen LogP contribution in [-0.4, -0.2) is 26.2 Å². The van der Waals surface area contributed by atoms with E-state index in [1.165, 1.54) is 0 Å². The summed E-state index contributed by atoms with van der Waals surface area (Å²) in [6.45, 7) is 2.00. The standard InChI is InChI=1S/C19H15N5O2/c1-11-6-8-12(9-7-11)15-10-16(22-21-15)18(25)24-23-17-13-4-2-3-5-14(13)20-19(17)26/h2-10,20,26H,1H3,(H,21,22). The first kappa shape index (κ1) is 15.8. The van der Waals surface area contributed by atoms with Crippen LogP contribution < -0.4 is 0 Å². The summed E-state index contributed by atoms with van der Waals surface area (Å²) in [4.78, 5) is 15.1. The van der Waals surface area contributed by atoms with Crippen molar-refractivity contribution in [1.29, 1.82) is 0 Å². The quantitative estimate of drug-likeness (QED) is 0.476. The van der Waals surface area contributed by atoms with Gasteiger partial charge in [0, 0.05) is 10.9 Å². The smallest absolute Gasteiger partial charge is 0.313 e. The van der Waals surface area contributed by atoms with E-state index in [9.17, 15) is 9.90 Å². The number of aromatic amines is 2. The molecule has 0 saturated heterocycles. The first-order chi connectivity index (χ1) is 12.6. The van der Waals surface area contributed by atoms with Crippen LogP contribution in [0.2, 0.25) is 0 Å². The number of para-hydroxylation sites is 1. The summed E-state index contributed by atoms with van der Waals surface area (Å²) in [5.74, 6) is -0.701. The van der Waals surface area contributed by atoms with Crippen LogP contribution in [0.4, 0.5) is 5.69 Å². The van der Waals surface area contributed by atoms with Gasteiger partial charge in [-0.2, -0.15) is 5.10 Å². The van der Waals surface area contributed by atoms with Crippen molar-refractivity contribution in [1.82, 2.24) is 15.2 Å². The van der Waals surface area contributed by atoms with Crippen molar-refractivity contribution in [2.75, 3.05) is 0 Å². The molecule has 3 N–H and O–H groups in total. The molecule has 0 saturated carbocycles. The molecule has 2 aromatic heterocycles. The van der Waals surface area contributed by atoms with Gasteiger partial charge in [-0.1, -0.05) is 48.0 Å². The van der Waals surface area contributed by atoms with Gasteiger partial charge in [0.25, 0.3) is 0 Å². The molecule has 0 radical (unpaired) electrons. The van der Waals surface area contributed by atoms with Crippen LogP contribution in [-0.2, 0) is 0 Å². The van der Waals surface area contributed by atoms with Gasteiger partial charge in [-0.05, 0) is 19.1 Å². The molecule has 0 fully saturated rings. The molecule has 0 aliphatic heterocycles. The minimum absolute atomic E-state index is 0.132. The number of rotatable bonds is 3. The lowest BCUT2D eigenvalue weighted by Gasteiger charge is -1.95. The number of H-pyrrole nitrogens is 2. The van der Waals surface area contributed by atoms with Crippen LogP contribution in [0.1, 0.15) is 16.1 Å². The van der Waals surface area contributed by atoms with E-state index < -0.39 is 5.91 Å². The molecular formula is C19H15N5O2. The van der Waals surface area contributed by atoms with Crippen LogP contribution in [0, 0.1) is 6.92 Å². The average molecular weight is 345 g/mol. The molecule has 0 aliphatic carbocycles. The third-order valence-electron chi connectivity index (χ3n) is 4.06. The van der Waals surface area contributed by atoms with Gasteiger partial charge >= 0.3 is 5.91 Å². The van der Waals surface area contributed by atoms with Crippen molar-refractivity contribution < 1.29 is 9.90 Å². The van der Waals surface area contributed by atoms with Gasteiger partial charge < -0.3 is 10.1 Å². The molecule has 4 aromatic rings. The Morgan fingerprint density at radius 2 is 1.88 bits per heavy atom. The maximum absolute atomic E-state index is 12.3. The third kappa shape index (κ3) is 2.86. The number of aromatic nitrogens is 3. The van der Waals surface area contributed by atoms with Gasteiger partial charge in [0.2, 0.25) is 5.88 Å². The monoisotopic (exact) mass is 345 g/mol. The van der Waals surface area contributed by atoms with Crippen LogP contribution in [0.3, 0.4) is 0 Å². The number of carbonyl (C=O) groups excluding carboxylic acids is 1. The molecule has 2 heterocycles. The Labute approximate surface area is 148 Å². The van der Waals surface area contributed by atoms with Crippen molar-refractivity contribution in [3.05, 3.63) is 65.9 Å². The number of carbonyl (C=O) groups is 1. The van der Waals surface area contributed by atoms with Gasteiger partial charge in [-0.3, -0.25) is 9.89 Å². The van der Waals surface area contributed by atoms with Gasteiger partial charge in [0.15, 0.2) is 5.69 Å². The maximum Gasteiger partial charge on any atom is 0.313 e. The highest BCUT2D eigenvalue weighted by atomic mass is 16.3. The summed E-state index contributed by atoms with van der Waals surface area (Å²) in [6, 6.07) is 16.7. The summed E-state index contributed by atoms with van der Waals surface area (Å²) in [7, 11) is 0. The van der Waals surface area contributed by atoms with Crippen LogP contribution in [0.15, 0.2) is 64.8 Å². The molecule has 1 amide bonds. The van der Waals surface area contributed by atoms with Crippen molar-refractivity contribution in [3.63, 3.8) is 0 Å². The number of aryl methyl sites for hydroxylation is 1. The number of amides is 1. The highest BCUT2D eigenvalue weighted by Crippen LogP contribution is 2.35. The lowest BCUT2D eigenvalue weighted by atomic mass is 10.1. The maximum atomic E-state index is 12.3. The highest BCUT2D eigenvalue weighted by Gasteiger charge is 2.13. The zero-order valence-corrected chi connectivity index (χ0v) is 13.9. The molecule has 128 valence electrons. The first-order valence-corrected chi connectivity index (χ1v) is 8.00.